The molecule has 0 unspecified atom stereocenters. The average Bonchev–Trinajstić information content (AvgIpc) is 3.07. The van der Waals surface area contributed by atoms with Gasteiger partial charge in [0, 0.05) is 0 Å². The van der Waals surface area contributed by atoms with E-state index in [-0.39, 0.29) is 6.61 Å². The van der Waals surface area contributed by atoms with Gasteiger partial charge >= 0.3 is 10.4 Å². The zero-order valence-electron chi connectivity index (χ0n) is 31.2. The third-order valence-electron chi connectivity index (χ3n) is 8.99. The summed E-state index contributed by atoms with van der Waals surface area (Å²) in [5.41, 5.74) is 2.70. The minimum Gasteiger partial charge on any atom is -0.457 e. The lowest BCUT2D eigenvalue weighted by Gasteiger charge is -2.14. The number of rotatable bonds is 30. The quantitative estimate of drug-likeness (QED) is 0.0653. The van der Waals surface area contributed by atoms with Crippen LogP contribution < -0.4 is 4.74 Å². The van der Waals surface area contributed by atoms with E-state index >= 15 is 0 Å². The van der Waals surface area contributed by atoms with Crippen LogP contribution >= 0.6 is 0 Å². The monoisotopic (exact) mass is 689 g/mol. The first-order valence-electron chi connectivity index (χ1n) is 19.9. The van der Waals surface area contributed by atoms with Gasteiger partial charge in [0.2, 0.25) is 0 Å². The molecule has 2 rings (SSSR count). The standard InChI is InChI=1S/C30H46O.C12H26O4S/c1-3-5-7-9-11-13-15-21-27-23-17-19-25-29(27)31-30-26-20-18-24-28(30)22-16-14-12-10-8-6-4-2;1-2-3-4-5-6-7-8-9-10-11-12-16-17(13,14)15/h17-20,23-26H,3-16,21-22H2,1-2H3;2-12H2,1H3,(H,13,14,15). The van der Waals surface area contributed by atoms with Crippen LogP contribution in [0, 0.1) is 0 Å². The van der Waals surface area contributed by atoms with E-state index in [1.807, 2.05) is 0 Å². The predicted octanol–water partition coefficient (Wildman–Crippen LogP) is 13.8. The topological polar surface area (TPSA) is 72.8 Å². The second-order valence-electron chi connectivity index (χ2n) is 13.5. The van der Waals surface area contributed by atoms with Crippen LogP contribution in [0.25, 0.3) is 0 Å². The van der Waals surface area contributed by atoms with Crippen molar-refractivity contribution in [3.05, 3.63) is 59.7 Å². The van der Waals surface area contributed by atoms with Gasteiger partial charge in [0.05, 0.1) is 6.61 Å². The smallest absolute Gasteiger partial charge is 0.397 e. The van der Waals surface area contributed by atoms with Crippen LogP contribution in [0.4, 0.5) is 0 Å². The Balaban J connectivity index is 0.000000576. The van der Waals surface area contributed by atoms with Crippen LogP contribution in [-0.4, -0.2) is 19.6 Å². The molecule has 5 nitrogen and oxygen atoms in total. The van der Waals surface area contributed by atoms with Gasteiger partial charge in [0.1, 0.15) is 11.5 Å². The highest BCUT2D eigenvalue weighted by atomic mass is 32.3. The molecule has 0 saturated heterocycles. The van der Waals surface area contributed by atoms with E-state index in [0.717, 1.165) is 37.2 Å². The molecule has 1 N–H and O–H groups in total. The SMILES string of the molecule is CCCCCCCCCCCCOS(=O)(=O)O.CCCCCCCCCc1ccccc1Oc1ccccc1CCCCCCCCC. The van der Waals surface area contributed by atoms with Crippen molar-refractivity contribution in [2.24, 2.45) is 0 Å². The predicted molar refractivity (Wildman–Crippen MR) is 206 cm³/mol. The molecule has 0 radical (unpaired) electrons. The highest BCUT2D eigenvalue weighted by Crippen LogP contribution is 2.30. The highest BCUT2D eigenvalue weighted by Gasteiger charge is 2.09. The van der Waals surface area contributed by atoms with E-state index in [1.165, 1.54) is 146 Å². The van der Waals surface area contributed by atoms with Gasteiger partial charge in [-0.25, -0.2) is 4.18 Å². The van der Waals surface area contributed by atoms with Gasteiger partial charge in [-0.1, -0.05) is 192 Å². The molecule has 0 atom stereocenters. The maximum Gasteiger partial charge on any atom is 0.397 e. The molecule has 0 aliphatic rings. The van der Waals surface area contributed by atoms with Gasteiger partial charge in [-0.3, -0.25) is 4.55 Å². The Morgan fingerprint density at radius 3 is 1.12 bits per heavy atom. The summed E-state index contributed by atoms with van der Waals surface area (Å²) in [6.07, 6.45) is 33.0. The first-order chi connectivity index (χ1) is 23.4. The van der Waals surface area contributed by atoms with Crippen LogP contribution in [0.5, 0.6) is 11.5 Å². The summed E-state index contributed by atoms with van der Waals surface area (Å²) in [4.78, 5) is 0. The lowest BCUT2D eigenvalue weighted by molar-refractivity contribution is 0.261. The molecule has 0 saturated carbocycles. The lowest BCUT2D eigenvalue weighted by Crippen LogP contribution is -2.04. The Labute approximate surface area is 297 Å². The number of unbranched alkanes of at least 4 members (excludes halogenated alkanes) is 21. The van der Waals surface area contributed by atoms with Crippen molar-refractivity contribution in [2.45, 2.75) is 188 Å². The second kappa shape index (κ2) is 31.1. The molecule has 2 aromatic rings. The number of ether oxygens (including phenoxy) is 1. The second-order valence-corrected chi connectivity index (χ2v) is 14.6. The molecule has 2 aromatic carbocycles. The van der Waals surface area contributed by atoms with Crippen molar-refractivity contribution < 1.29 is 21.9 Å². The van der Waals surface area contributed by atoms with Crippen molar-refractivity contribution in [2.75, 3.05) is 6.61 Å². The number of hydrogen-bond donors (Lipinski definition) is 1. The zero-order chi connectivity index (χ0) is 35.0. The largest absolute Gasteiger partial charge is 0.457 e. The Morgan fingerprint density at radius 2 is 0.771 bits per heavy atom. The van der Waals surface area contributed by atoms with Gasteiger partial charge in [0.25, 0.3) is 0 Å². The first kappa shape index (κ1) is 44.1. The maximum absolute atomic E-state index is 10.2. The van der Waals surface area contributed by atoms with Crippen molar-refractivity contribution >= 4 is 10.4 Å². The van der Waals surface area contributed by atoms with E-state index in [0.29, 0.717) is 6.42 Å². The molecular weight excluding hydrogens is 617 g/mol. The summed E-state index contributed by atoms with van der Waals surface area (Å²) in [6, 6.07) is 17.3. The van der Waals surface area contributed by atoms with Crippen LogP contribution in [0.15, 0.2) is 48.5 Å². The number of hydrogen-bond acceptors (Lipinski definition) is 4. The maximum atomic E-state index is 10.2. The van der Waals surface area contributed by atoms with E-state index in [2.05, 4.69) is 73.5 Å². The van der Waals surface area contributed by atoms with Crippen LogP contribution in [0.2, 0.25) is 0 Å². The molecule has 0 aliphatic carbocycles. The highest BCUT2D eigenvalue weighted by molar-refractivity contribution is 7.80. The molecule has 0 spiro atoms. The minimum atomic E-state index is -4.23. The molecule has 0 heterocycles. The van der Waals surface area contributed by atoms with E-state index in [9.17, 15) is 8.42 Å². The zero-order valence-corrected chi connectivity index (χ0v) is 32.0. The van der Waals surface area contributed by atoms with Crippen LogP contribution in [0.3, 0.4) is 0 Å². The number of benzene rings is 2. The third-order valence-corrected chi connectivity index (χ3v) is 9.46. The molecular formula is C42H72O5S. The molecule has 0 amide bonds. The summed E-state index contributed by atoms with van der Waals surface area (Å²) in [7, 11) is -4.23. The molecule has 0 aromatic heterocycles. The Hall–Kier alpha value is -1.89. The van der Waals surface area contributed by atoms with Crippen molar-refractivity contribution in [3.63, 3.8) is 0 Å². The molecule has 0 aliphatic heterocycles. The fraction of sp³-hybridized carbons (Fsp3) is 0.714. The van der Waals surface area contributed by atoms with Gasteiger partial charge in [0.15, 0.2) is 0 Å². The van der Waals surface area contributed by atoms with Gasteiger partial charge in [-0.2, -0.15) is 8.42 Å². The summed E-state index contributed by atoms with van der Waals surface area (Å²) in [5.74, 6) is 2.08. The Bertz CT molecular complexity index is 1040. The summed E-state index contributed by atoms with van der Waals surface area (Å²) in [5, 5.41) is 0. The third kappa shape index (κ3) is 26.0. The lowest BCUT2D eigenvalue weighted by atomic mass is 10.0. The molecule has 6 heteroatoms. The van der Waals surface area contributed by atoms with E-state index in [4.69, 9.17) is 9.29 Å². The fourth-order valence-electron chi connectivity index (χ4n) is 6.04. The van der Waals surface area contributed by atoms with Gasteiger partial charge in [-0.05, 0) is 55.4 Å². The Kier molecular flexibility index (Phi) is 28.6. The van der Waals surface area contributed by atoms with Crippen molar-refractivity contribution in [1.82, 2.24) is 0 Å². The molecule has 0 bridgehead atoms. The number of aryl methyl sites for hydroxylation is 2. The first-order valence-corrected chi connectivity index (χ1v) is 21.2. The minimum absolute atomic E-state index is 0.0926. The molecule has 0 fully saturated rings. The normalized spacial score (nSPS) is 11.3. The van der Waals surface area contributed by atoms with Crippen LogP contribution in [-0.2, 0) is 27.4 Å². The molecule has 276 valence electrons. The Morgan fingerprint density at radius 1 is 0.458 bits per heavy atom. The summed E-state index contributed by atoms with van der Waals surface area (Å²) >= 11 is 0. The fourth-order valence-corrected chi connectivity index (χ4v) is 6.37. The van der Waals surface area contributed by atoms with E-state index < -0.39 is 10.4 Å². The van der Waals surface area contributed by atoms with Gasteiger partial charge in [-0.15, -0.1) is 0 Å². The summed E-state index contributed by atoms with van der Waals surface area (Å²) in [6.45, 7) is 6.87. The van der Waals surface area contributed by atoms with Gasteiger partial charge < -0.3 is 4.74 Å². The van der Waals surface area contributed by atoms with E-state index in [1.54, 1.807) is 0 Å². The average molecular weight is 689 g/mol. The van der Waals surface area contributed by atoms with Crippen molar-refractivity contribution in [3.8, 4) is 11.5 Å². The van der Waals surface area contributed by atoms with Crippen molar-refractivity contribution in [1.29, 1.82) is 0 Å². The number of para-hydroxylation sites is 2. The molecule has 48 heavy (non-hydrogen) atoms. The van der Waals surface area contributed by atoms with Crippen LogP contribution in [0.1, 0.15) is 186 Å². The summed E-state index contributed by atoms with van der Waals surface area (Å²) < 4.78 is 39.5.